The maximum absolute atomic E-state index is 12.8. The third kappa shape index (κ3) is 1.54. The fraction of sp³-hybridized carbons (Fsp3) is 0.273. The monoisotopic (exact) mass is 220 g/mol. The van der Waals surface area contributed by atoms with Gasteiger partial charge in [-0.25, -0.2) is 4.39 Å². The summed E-state index contributed by atoms with van der Waals surface area (Å²) in [7, 11) is 0. The summed E-state index contributed by atoms with van der Waals surface area (Å²) in [5, 5.41) is 13.4. The SMILES string of the molecule is Oc1cc(F)ccc1-c1nc(C2CC2)no1. The maximum atomic E-state index is 12.8. The number of aromatic nitrogens is 2. The molecular weight excluding hydrogens is 211 g/mol. The van der Waals surface area contributed by atoms with E-state index in [0.29, 0.717) is 17.3 Å². The van der Waals surface area contributed by atoms with Crippen LogP contribution in [0.2, 0.25) is 0 Å². The lowest BCUT2D eigenvalue weighted by molar-refractivity contribution is 0.417. The van der Waals surface area contributed by atoms with Crippen LogP contribution in [0.4, 0.5) is 4.39 Å². The predicted octanol–water partition coefficient (Wildman–Crippen LogP) is 2.46. The molecule has 0 bridgehead atoms. The molecule has 1 aromatic heterocycles. The molecule has 0 spiro atoms. The Hall–Kier alpha value is -1.91. The minimum Gasteiger partial charge on any atom is -0.507 e. The van der Waals surface area contributed by atoms with Crippen LogP contribution in [0.25, 0.3) is 11.5 Å². The second-order valence-electron chi connectivity index (χ2n) is 3.89. The maximum Gasteiger partial charge on any atom is 0.261 e. The fourth-order valence-corrected chi connectivity index (χ4v) is 1.54. The largest absolute Gasteiger partial charge is 0.507 e. The Morgan fingerprint density at radius 3 is 2.88 bits per heavy atom. The summed E-state index contributed by atoms with van der Waals surface area (Å²) in [6.45, 7) is 0. The van der Waals surface area contributed by atoms with E-state index in [0.717, 1.165) is 18.9 Å². The number of nitrogens with zero attached hydrogens (tertiary/aromatic N) is 2. The lowest BCUT2D eigenvalue weighted by Gasteiger charge is -1.97. The molecule has 1 fully saturated rings. The van der Waals surface area contributed by atoms with Crippen molar-refractivity contribution in [2.45, 2.75) is 18.8 Å². The van der Waals surface area contributed by atoms with E-state index < -0.39 is 5.82 Å². The van der Waals surface area contributed by atoms with Crippen LogP contribution in [0.3, 0.4) is 0 Å². The van der Waals surface area contributed by atoms with Crippen LogP contribution in [0.15, 0.2) is 22.7 Å². The van der Waals surface area contributed by atoms with Gasteiger partial charge in [-0.2, -0.15) is 4.98 Å². The third-order valence-corrected chi connectivity index (χ3v) is 2.57. The first-order chi connectivity index (χ1) is 7.74. The van der Waals surface area contributed by atoms with Gasteiger partial charge >= 0.3 is 0 Å². The predicted molar refractivity (Wildman–Crippen MR) is 53.3 cm³/mol. The molecule has 0 saturated heterocycles. The Balaban J connectivity index is 2.00. The van der Waals surface area contributed by atoms with Crippen molar-refractivity contribution in [3.8, 4) is 17.2 Å². The Kier molecular flexibility index (Phi) is 1.92. The van der Waals surface area contributed by atoms with E-state index in [2.05, 4.69) is 10.1 Å². The molecule has 0 unspecified atom stereocenters. The summed E-state index contributed by atoms with van der Waals surface area (Å²) in [5.74, 6) is 0.604. The summed E-state index contributed by atoms with van der Waals surface area (Å²) >= 11 is 0. The second kappa shape index (κ2) is 3.30. The first-order valence-electron chi connectivity index (χ1n) is 5.06. The van der Waals surface area contributed by atoms with Gasteiger partial charge in [-0.1, -0.05) is 5.16 Å². The Bertz CT molecular complexity index is 535. The molecule has 0 amide bonds. The van der Waals surface area contributed by atoms with Crippen molar-refractivity contribution in [1.82, 2.24) is 10.1 Å². The fourth-order valence-electron chi connectivity index (χ4n) is 1.54. The number of benzene rings is 1. The zero-order valence-corrected chi connectivity index (χ0v) is 8.35. The van der Waals surface area contributed by atoms with Crippen molar-refractivity contribution in [2.24, 2.45) is 0 Å². The van der Waals surface area contributed by atoms with Crippen molar-refractivity contribution in [3.63, 3.8) is 0 Å². The summed E-state index contributed by atoms with van der Waals surface area (Å²) < 4.78 is 17.8. The lowest BCUT2D eigenvalue weighted by Crippen LogP contribution is -1.83. The van der Waals surface area contributed by atoms with Gasteiger partial charge in [0.25, 0.3) is 5.89 Å². The summed E-state index contributed by atoms with van der Waals surface area (Å²) in [5.41, 5.74) is 0.362. The van der Waals surface area contributed by atoms with Crippen LogP contribution >= 0.6 is 0 Å². The highest BCUT2D eigenvalue weighted by Crippen LogP contribution is 2.39. The molecule has 5 heteroatoms. The van der Waals surface area contributed by atoms with E-state index in [4.69, 9.17) is 4.52 Å². The van der Waals surface area contributed by atoms with Crippen LogP contribution in [0.1, 0.15) is 24.6 Å². The minimum absolute atomic E-state index is 0.189. The molecule has 82 valence electrons. The Labute approximate surface area is 90.7 Å². The smallest absolute Gasteiger partial charge is 0.261 e. The highest BCUT2D eigenvalue weighted by atomic mass is 19.1. The topological polar surface area (TPSA) is 59.2 Å². The number of hydrogen-bond acceptors (Lipinski definition) is 4. The number of hydrogen-bond donors (Lipinski definition) is 1. The van der Waals surface area contributed by atoms with E-state index in [-0.39, 0.29) is 11.6 Å². The van der Waals surface area contributed by atoms with Gasteiger partial charge in [-0.15, -0.1) is 0 Å². The normalized spacial score (nSPS) is 15.3. The van der Waals surface area contributed by atoms with E-state index in [1.807, 2.05) is 0 Å². The van der Waals surface area contributed by atoms with E-state index >= 15 is 0 Å². The van der Waals surface area contributed by atoms with Crippen LogP contribution in [0, 0.1) is 5.82 Å². The Morgan fingerprint density at radius 1 is 1.38 bits per heavy atom. The summed E-state index contributed by atoms with van der Waals surface area (Å²) in [6, 6.07) is 3.70. The van der Waals surface area contributed by atoms with Crippen molar-refractivity contribution in [3.05, 3.63) is 29.8 Å². The van der Waals surface area contributed by atoms with Gasteiger partial charge in [0.05, 0.1) is 5.56 Å². The van der Waals surface area contributed by atoms with Crippen LogP contribution < -0.4 is 0 Å². The minimum atomic E-state index is -0.497. The van der Waals surface area contributed by atoms with Crippen molar-refractivity contribution in [2.75, 3.05) is 0 Å². The van der Waals surface area contributed by atoms with Gasteiger partial charge in [-0.3, -0.25) is 0 Å². The van der Waals surface area contributed by atoms with Crippen molar-refractivity contribution in [1.29, 1.82) is 0 Å². The third-order valence-electron chi connectivity index (χ3n) is 2.57. The molecule has 1 aliphatic carbocycles. The zero-order valence-electron chi connectivity index (χ0n) is 8.35. The van der Waals surface area contributed by atoms with Crippen molar-refractivity contribution >= 4 is 0 Å². The standard InChI is InChI=1S/C11H9FN2O2/c12-7-3-4-8(9(15)5-7)11-13-10(14-16-11)6-1-2-6/h3-6,15H,1-2H2. The molecule has 1 saturated carbocycles. The first-order valence-corrected chi connectivity index (χ1v) is 5.06. The highest BCUT2D eigenvalue weighted by Gasteiger charge is 2.29. The van der Waals surface area contributed by atoms with Crippen LogP contribution in [-0.4, -0.2) is 15.2 Å². The molecule has 1 heterocycles. The van der Waals surface area contributed by atoms with Gasteiger partial charge < -0.3 is 9.63 Å². The quantitative estimate of drug-likeness (QED) is 0.844. The molecule has 4 nitrogen and oxygen atoms in total. The second-order valence-corrected chi connectivity index (χ2v) is 3.89. The van der Waals surface area contributed by atoms with E-state index in [1.165, 1.54) is 12.1 Å². The van der Waals surface area contributed by atoms with Crippen LogP contribution in [-0.2, 0) is 0 Å². The lowest BCUT2D eigenvalue weighted by atomic mass is 10.2. The zero-order chi connectivity index (χ0) is 11.1. The number of halogens is 1. The molecule has 2 aromatic rings. The van der Waals surface area contributed by atoms with E-state index in [1.54, 1.807) is 0 Å². The number of phenols is 1. The van der Waals surface area contributed by atoms with E-state index in [9.17, 15) is 9.50 Å². The molecule has 0 atom stereocenters. The molecular formula is C11H9FN2O2. The molecule has 16 heavy (non-hydrogen) atoms. The molecule has 1 aliphatic rings. The summed E-state index contributed by atoms with van der Waals surface area (Å²) in [6.07, 6.45) is 2.16. The van der Waals surface area contributed by atoms with Gasteiger partial charge in [0.2, 0.25) is 0 Å². The molecule has 0 radical (unpaired) electrons. The first kappa shape index (κ1) is 9.33. The van der Waals surface area contributed by atoms with Gasteiger partial charge in [0.15, 0.2) is 5.82 Å². The van der Waals surface area contributed by atoms with Gasteiger partial charge in [0.1, 0.15) is 11.6 Å². The Morgan fingerprint density at radius 2 is 2.19 bits per heavy atom. The molecule has 1 N–H and O–H groups in total. The number of rotatable bonds is 2. The van der Waals surface area contributed by atoms with Crippen molar-refractivity contribution < 1.29 is 14.0 Å². The van der Waals surface area contributed by atoms with Gasteiger partial charge in [0, 0.05) is 12.0 Å². The summed E-state index contributed by atoms with van der Waals surface area (Å²) in [4.78, 5) is 4.17. The highest BCUT2D eigenvalue weighted by molar-refractivity contribution is 5.61. The number of phenolic OH excluding ortho intramolecular Hbond substituents is 1. The van der Waals surface area contributed by atoms with Crippen LogP contribution in [0.5, 0.6) is 5.75 Å². The average Bonchev–Trinajstić information content (AvgIpc) is 2.98. The number of aromatic hydroxyl groups is 1. The average molecular weight is 220 g/mol. The molecule has 3 rings (SSSR count). The molecule has 0 aliphatic heterocycles. The molecule has 1 aromatic carbocycles. The van der Waals surface area contributed by atoms with Gasteiger partial charge in [-0.05, 0) is 25.0 Å².